The second kappa shape index (κ2) is 9.16. The van der Waals surface area contributed by atoms with Gasteiger partial charge in [0.15, 0.2) is 5.82 Å². The Morgan fingerprint density at radius 3 is 2.71 bits per heavy atom. The molecule has 1 aliphatic carbocycles. The summed E-state index contributed by atoms with van der Waals surface area (Å²) in [7, 11) is -3.18. The number of hydrogen-bond acceptors (Lipinski definition) is 8. The number of nitrogens with zero attached hydrogens (tertiary/aromatic N) is 4. The smallest absolute Gasteiger partial charge is 0.224 e. The first-order valence-electron chi connectivity index (χ1n) is 10.2. The predicted molar refractivity (Wildman–Crippen MR) is 117 cm³/mol. The van der Waals surface area contributed by atoms with Crippen LogP contribution < -0.4 is 14.8 Å². The highest BCUT2D eigenvalue weighted by atomic mass is 32.2. The van der Waals surface area contributed by atoms with Crippen LogP contribution in [0.2, 0.25) is 0 Å². The van der Waals surface area contributed by atoms with E-state index in [9.17, 15) is 8.42 Å². The average molecular weight is 447 g/mol. The molecule has 3 N–H and O–H groups in total. The van der Waals surface area contributed by atoms with Crippen LogP contribution in [0.4, 0.5) is 5.95 Å². The normalized spacial score (nSPS) is 19.4. The van der Waals surface area contributed by atoms with Crippen molar-refractivity contribution in [1.29, 1.82) is 0 Å². The van der Waals surface area contributed by atoms with Crippen LogP contribution in [0.25, 0.3) is 16.7 Å². The summed E-state index contributed by atoms with van der Waals surface area (Å²) in [5, 5.41) is 17.7. The Balaban J connectivity index is 1.47. The fourth-order valence-electron chi connectivity index (χ4n) is 3.87. The summed E-state index contributed by atoms with van der Waals surface area (Å²) < 4.78 is 32.8. The van der Waals surface area contributed by atoms with Crippen molar-refractivity contribution >= 4 is 26.9 Å². The van der Waals surface area contributed by atoms with Crippen LogP contribution in [0, 0.1) is 0 Å². The van der Waals surface area contributed by atoms with E-state index in [0.717, 1.165) is 36.6 Å². The molecule has 166 valence electrons. The van der Waals surface area contributed by atoms with E-state index in [-0.39, 0.29) is 25.3 Å². The van der Waals surface area contributed by atoms with E-state index in [1.54, 1.807) is 23.1 Å². The lowest BCUT2D eigenvalue weighted by molar-refractivity contribution is 0.203. The lowest BCUT2D eigenvalue weighted by atomic mass is 9.92. The van der Waals surface area contributed by atoms with Gasteiger partial charge in [-0.15, -0.1) is 0 Å². The molecule has 0 aliphatic heterocycles. The van der Waals surface area contributed by atoms with E-state index in [2.05, 4.69) is 25.1 Å². The molecule has 1 saturated carbocycles. The zero-order valence-electron chi connectivity index (χ0n) is 17.2. The number of nitrogens with one attached hydrogen (secondary N) is 2. The average Bonchev–Trinajstić information content (AvgIpc) is 3.18. The maximum Gasteiger partial charge on any atom is 0.224 e. The van der Waals surface area contributed by atoms with Gasteiger partial charge in [0.1, 0.15) is 12.4 Å². The van der Waals surface area contributed by atoms with Gasteiger partial charge in [-0.1, -0.05) is 6.07 Å². The lowest BCUT2D eigenvalue weighted by Crippen LogP contribution is -2.39. The first-order valence-corrected chi connectivity index (χ1v) is 12.1. The molecule has 3 aromatic rings. The molecule has 4 rings (SSSR count). The summed E-state index contributed by atoms with van der Waals surface area (Å²) in [4.78, 5) is 8.95. The summed E-state index contributed by atoms with van der Waals surface area (Å²) in [6.45, 7) is 0.158. The van der Waals surface area contributed by atoms with Gasteiger partial charge in [0.25, 0.3) is 0 Å². The Labute approximate surface area is 180 Å². The van der Waals surface area contributed by atoms with Crippen molar-refractivity contribution < 1.29 is 18.3 Å². The molecule has 0 bridgehead atoms. The first-order chi connectivity index (χ1) is 14.9. The molecule has 0 saturated heterocycles. The molecule has 2 aromatic heterocycles. The zero-order valence-corrected chi connectivity index (χ0v) is 18.0. The Kier molecular flexibility index (Phi) is 6.35. The van der Waals surface area contributed by atoms with Gasteiger partial charge in [-0.2, -0.15) is 10.1 Å². The number of ether oxygens (including phenoxy) is 1. The highest BCUT2D eigenvalue weighted by molar-refractivity contribution is 7.88. The highest BCUT2D eigenvalue weighted by Crippen LogP contribution is 2.27. The Hall–Kier alpha value is -2.76. The third kappa shape index (κ3) is 5.30. The second-order valence-electron chi connectivity index (χ2n) is 7.64. The van der Waals surface area contributed by atoms with E-state index in [1.165, 1.54) is 6.26 Å². The SMILES string of the molecule is CS(=O)(=O)N[C@H]1CC[C@H](Nc2nccc(-n3ncc4c(OCCO)cccc43)n2)CC1. The Morgan fingerprint density at radius 2 is 1.97 bits per heavy atom. The number of anilines is 1. The number of hydrogen-bond donors (Lipinski definition) is 3. The second-order valence-corrected chi connectivity index (χ2v) is 9.42. The fraction of sp³-hybridized carbons (Fsp3) is 0.450. The number of rotatable bonds is 8. The quantitative estimate of drug-likeness (QED) is 0.474. The van der Waals surface area contributed by atoms with E-state index >= 15 is 0 Å². The summed E-state index contributed by atoms with van der Waals surface area (Å²) in [6.07, 6.45) is 7.79. The van der Waals surface area contributed by atoms with Crippen LogP contribution >= 0.6 is 0 Å². The fourth-order valence-corrected chi connectivity index (χ4v) is 4.71. The van der Waals surface area contributed by atoms with Gasteiger partial charge in [0.2, 0.25) is 16.0 Å². The zero-order chi connectivity index (χ0) is 21.8. The number of benzene rings is 1. The number of aliphatic hydroxyl groups excluding tert-OH is 1. The summed E-state index contributed by atoms with van der Waals surface area (Å²) in [5.41, 5.74) is 0.840. The highest BCUT2D eigenvalue weighted by Gasteiger charge is 2.23. The minimum absolute atomic E-state index is 0.0158. The third-order valence-corrected chi connectivity index (χ3v) is 5.98. The van der Waals surface area contributed by atoms with Crippen molar-refractivity contribution in [2.75, 3.05) is 24.8 Å². The maximum atomic E-state index is 11.4. The van der Waals surface area contributed by atoms with Gasteiger partial charge in [0.05, 0.1) is 30.0 Å². The number of aromatic nitrogens is 4. The van der Waals surface area contributed by atoms with Crippen LogP contribution in [0.15, 0.2) is 36.7 Å². The van der Waals surface area contributed by atoms with Gasteiger partial charge < -0.3 is 15.2 Å². The van der Waals surface area contributed by atoms with Gasteiger partial charge in [-0.3, -0.25) is 0 Å². The molecule has 1 fully saturated rings. The standard InChI is InChI=1S/C20H26N6O4S/c1-31(28,29)25-15-7-5-14(6-8-15)23-20-21-10-9-19(24-20)26-17-3-2-4-18(30-12-11-27)16(17)13-22-26/h2-4,9-10,13-15,25,27H,5-8,11-12H2,1H3,(H,21,23,24)/t14-,15-. The number of sulfonamides is 1. The van der Waals surface area contributed by atoms with E-state index in [4.69, 9.17) is 9.84 Å². The van der Waals surface area contributed by atoms with Crippen molar-refractivity contribution in [1.82, 2.24) is 24.5 Å². The molecule has 11 heteroatoms. The maximum absolute atomic E-state index is 11.4. The number of aliphatic hydroxyl groups is 1. The van der Waals surface area contributed by atoms with Crippen molar-refractivity contribution in [2.45, 2.75) is 37.8 Å². The van der Waals surface area contributed by atoms with Gasteiger partial charge >= 0.3 is 0 Å². The van der Waals surface area contributed by atoms with Crippen LogP contribution in [-0.4, -0.2) is 64.8 Å². The summed E-state index contributed by atoms with van der Waals surface area (Å²) in [5.74, 6) is 1.79. The molecule has 1 aliphatic rings. The molecule has 2 heterocycles. The molecular formula is C20H26N6O4S. The van der Waals surface area contributed by atoms with Crippen molar-refractivity contribution in [3.8, 4) is 11.6 Å². The van der Waals surface area contributed by atoms with E-state index in [1.807, 2.05) is 18.2 Å². The largest absolute Gasteiger partial charge is 0.490 e. The van der Waals surface area contributed by atoms with E-state index in [0.29, 0.717) is 17.5 Å². The summed E-state index contributed by atoms with van der Waals surface area (Å²) in [6, 6.07) is 7.59. The van der Waals surface area contributed by atoms with Crippen molar-refractivity contribution in [3.63, 3.8) is 0 Å². The molecule has 0 radical (unpaired) electrons. The van der Waals surface area contributed by atoms with Gasteiger partial charge in [-0.25, -0.2) is 22.8 Å². The predicted octanol–water partition coefficient (Wildman–Crippen LogP) is 1.46. The third-order valence-electron chi connectivity index (χ3n) is 5.22. The molecule has 0 spiro atoms. The molecule has 31 heavy (non-hydrogen) atoms. The van der Waals surface area contributed by atoms with Crippen LogP contribution in [0.5, 0.6) is 5.75 Å². The van der Waals surface area contributed by atoms with Crippen LogP contribution in [0.1, 0.15) is 25.7 Å². The minimum Gasteiger partial charge on any atom is -0.490 e. The first kappa shape index (κ1) is 21.5. The minimum atomic E-state index is -3.18. The number of fused-ring (bicyclic) bond motifs is 1. The molecule has 1 aromatic carbocycles. The van der Waals surface area contributed by atoms with Gasteiger partial charge in [-0.05, 0) is 37.8 Å². The van der Waals surface area contributed by atoms with E-state index < -0.39 is 10.0 Å². The van der Waals surface area contributed by atoms with Crippen molar-refractivity contribution in [2.24, 2.45) is 0 Å². The monoisotopic (exact) mass is 446 g/mol. The molecule has 10 nitrogen and oxygen atoms in total. The molecular weight excluding hydrogens is 420 g/mol. The lowest BCUT2D eigenvalue weighted by Gasteiger charge is -2.29. The van der Waals surface area contributed by atoms with Crippen molar-refractivity contribution in [3.05, 3.63) is 36.7 Å². The summed E-state index contributed by atoms with van der Waals surface area (Å²) >= 11 is 0. The molecule has 0 atom stereocenters. The Morgan fingerprint density at radius 1 is 1.19 bits per heavy atom. The molecule has 0 amide bonds. The van der Waals surface area contributed by atoms with Gasteiger partial charge in [0, 0.05) is 24.3 Å². The topological polar surface area (TPSA) is 131 Å². The van der Waals surface area contributed by atoms with Crippen LogP contribution in [0.3, 0.4) is 0 Å². The Bertz CT molecular complexity index is 1140. The van der Waals surface area contributed by atoms with Crippen LogP contribution in [-0.2, 0) is 10.0 Å². The molecule has 0 unspecified atom stereocenters.